The van der Waals surface area contributed by atoms with Crippen LogP contribution in [0.25, 0.3) is 11.3 Å². The number of hydrogen-bond acceptors (Lipinski definition) is 2. The molecule has 4 nitrogen and oxygen atoms in total. The lowest BCUT2D eigenvalue weighted by atomic mass is 10.1. The fourth-order valence-corrected chi connectivity index (χ4v) is 2.01. The maximum atomic E-state index is 11.0. The molecular weight excluding hydrogens is 250 g/mol. The highest BCUT2D eigenvalue weighted by Gasteiger charge is 2.13. The molecule has 2 rings (SSSR count). The number of carbonyl (C=O) groups is 1. The molecule has 0 atom stereocenters. The van der Waals surface area contributed by atoms with Crippen molar-refractivity contribution in [1.82, 2.24) is 9.97 Å². The number of halogens is 1. The van der Waals surface area contributed by atoms with E-state index in [0.717, 1.165) is 23.4 Å². The van der Waals surface area contributed by atoms with Gasteiger partial charge in [-0.15, -0.1) is 0 Å². The van der Waals surface area contributed by atoms with Gasteiger partial charge in [0.1, 0.15) is 0 Å². The lowest BCUT2D eigenvalue weighted by molar-refractivity contribution is -0.114. The van der Waals surface area contributed by atoms with E-state index in [1.165, 1.54) is 6.92 Å². The number of aryl methyl sites for hydroxylation is 1. The lowest BCUT2D eigenvalue weighted by Crippen LogP contribution is -2.07. The van der Waals surface area contributed by atoms with Crippen LogP contribution in [0.2, 0.25) is 5.02 Å². The number of nitrogens with zero attached hydrogens (tertiary/aromatic N) is 1. The first-order chi connectivity index (χ1) is 8.61. The summed E-state index contributed by atoms with van der Waals surface area (Å²) in [5.74, 6) is 0.298. The Labute approximate surface area is 110 Å². The standard InChI is InChI=1S/C13H14ClN3O/c1-3-11-12(9-6-4-5-7-10(9)14)17-13(16-11)15-8(2)18/h4-7H,3H2,1-2H3,(H2,15,16,17,18). The second-order valence-corrected chi connectivity index (χ2v) is 4.33. The molecule has 0 radical (unpaired) electrons. The first kappa shape index (κ1) is 12.6. The summed E-state index contributed by atoms with van der Waals surface area (Å²) < 4.78 is 0. The predicted molar refractivity (Wildman–Crippen MR) is 72.7 cm³/mol. The average molecular weight is 264 g/mol. The summed E-state index contributed by atoms with van der Waals surface area (Å²) in [6.07, 6.45) is 0.761. The van der Waals surface area contributed by atoms with Gasteiger partial charge in [-0.2, -0.15) is 0 Å². The number of imidazole rings is 1. The highest BCUT2D eigenvalue weighted by atomic mass is 35.5. The molecule has 0 aliphatic heterocycles. The monoisotopic (exact) mass is 263 g/mol. The third-order valence-corrected chi connectivity index (χ3v) is 2.88. The van der Waals surface area contributed by atoms with Gasteiger partial charge < -0.3 is 4.98 Å². The zero-order chi connectivity index (χ0) is 13.1. The topological polar surface area (TPSA) is 57.8 Å². The molecule has 0 fully saturated rings. The minimum atomic E-state index is -0.155. The molecule has 2 aromatic rings. The van der Waals surface area contributed by atoms with E-state index >= 15 is 0 Å². The van der Waals surface area contributed by atoms with E-state index in [2.05, 4.69) is 15.3 Å². The number of nitrogens with one attached hydrogen (secondary N) is 2. The second-order valence-electron chi connectivity index (χ2n) is 3.92. The number of rotatable bonds is 3. The van der Waals surface area contributed by atoms with E-state index < -0.39 is 0 Å². The Morgan fingerprint density at radius 2 is 2.17 bits per heavy atom. The Hall–Kier alpha value is -1.81. The van der Waals surface area contributed by atoms with Crippen molar-refractivity contribution in [2.24, 2.45) is 0 Å². The molecule has 18 heavy (non-hydrogen) atoms. The maximum Gasteiger partial charge on any atom is 0.223 e. The molecule has 0 aliphatic carbocycles. The van der Waals surface area contributed by atoms with Gasteiger partial charge in [0.15, 0.2) is 0 Å². The van der Waals surface area contributed by atoms with Crippen LogP contribution >= 0.6 is 11.6 Å². The van der Waals surface area contributed by atoms with Gasteiger partial charge in [0.05, 0.1) is 11.4 Å². The molecule has 0 saturated carbocycles. The van der Waals surface area contributed by atoms with Gasteiger partial charge in [0.25, 0.3) is 0 Å². The van der Waals surface area contributed by atoms with Crippen LogP contribution in [0, 0.1) is 0 Å². The fourth-order valence-electron chi connectivity index (χ4n) is 1.78. The van der Waals surface area contributed by atoms with Gasteiger partial charge in [-0.25, -0.2) is 4.98 Å². The number of amides is 1. The summed E-state index contributed by atoms with van der Waals surface area (Å²) in [4.78, 5) is 18.5. The van der Waals surface area contributed by atoms with Crippen LogP contribution in [0.4, 0.5) is 5.95 Å². The summed E-state index contributed by atoms with van der Waals surface area (Å²) in [7, 11) is 0. The molecule has 0 saturated heterocycles. The molecule has 1 amide bonds. The Kier molecular flexibility index (Phi) is 3.67. The highest BCUT2D eigenvalue weighted by Crippen LogP contribution is 2.29. The zero-order valence-electron chi connectivity index (χ0n) is 10.2. The van der Waals surface area contributed by atoms with Gasteiger partial charge in [-0.05, 0) is 12.5 Å². The van der Waals surface area contributed by atoms with Gasteiger partial charge in [-0.1, -0.05) is 36.7 Å². The predicted octanol–water partition coefficient (Wildman–Crippen LogP) is 3.25. The van der Waals surface area contributed by atoms with Crippen molar-refractivity contribution in [2.75, 3.05) is 5.32 Å². The SMILES string of the molecule is CCc1nc(NC(C)=O)[nH]c1-c1ccccc1Cl. The summed E-state index contributed by atoms with van der Waals surface area (Å²) >= 11 is 6.17. The Bertz CT molecular complexity index is 577. The highest BCUT2D eigenvalue weighted by molar-refractivity contribution is 6.33. The van der Waals surface area contributed by atoms with Gasteiger partial charge >= 0.3 is 0 Å². The smallest absolute Gasteiger partial charge is 0.223 e. The van der Waals surface area contributed by atoms with Crippen LogP contribution in [-0.2, 0) is 11.2 Å². The molecule has 5 heteroatoms. The van der Waals surface area contributed by atoms with Crippen molar-refractivity contribution in [3.63, 3.8) is 0 Å². The molecule has 1 heterocycles. The molecule has 2 N–H and O–H groups in total. The molecule has 0 spiro atoms. The molecule has 1 aromatic carbocycles. The second kappa shape index (κ2) is 5.23. The van der Waals surface area contributed by atoms with Gasteiger partial charge in [0, 0.05) is 17.5 Å². The van der Waals surface area contributed by atoms with Crippen molar-refractivity contribution < 1.29 is 4.79 Å². The number of anilines is 1. The van der Waals surface area contributed by atoms with Crippen molar-refractivity contribution in [2.45, 2.75) is 20.3 Å². The van der Waals surface area contributed by atoms with Crippen LogP contribution in [0.5, 0.6) is 0 Å². The van der Waals surface area contributed by atoms with Crippen molar-refractivity contribution in [3.8, 4) is 11.3 Å². The Balaban J connectivity index is 2.47. The summed E-state index contributed by atoms with van der Waals surface area (Å²) in [5, 5.41) is 3.30. The molecule has 0 bridgehead atoms. The van der Waals surface area contributed by atoms with Gasteiger partial charge in [-0.3, -0.25) is 10.1 Å². The van der Waals surface area contributed by atoms with E-state index in [-0.39, 0.29) is 5.91 Å². The number of hydrogen-bond donors (Lipinski definition) is 2. The van der Waals surface area contributed by atoms with E-state index in [1.54, 1.807) is 0 Å². The van der Waals surface area contributed by atoms with Crippen LogP contribution in [0.1, 0.15) is 19.5 Å². The van der Waals surface area contributed by atoms with E-state index in [4.69, 9.17) is 11.6 Å². The third-order valence-electron chi connectivity index (χ3n) is 2.55. The largest absolute Gasteiger partial charge is 0.324 e. The summed E-state index contributed by atoms with van der Waals surface area (Å²) in [6, 6.07) is 7.55. The molecular formula is C13H14ClN3O. The molecule has 1 aromatic heterocycles. The Morgan fingerprint density at radius 3 is 2.78 bits per heavy atom. The van der Waals surface area contributed by atoms with Crippen molar-refractivity contribution in [3.05, 3.63) is 35.0 Å². The van der Waals surface area contributed by atoms with Crippen molar-refractivity contribution >= 4 is 23.5 Å². The lowest BCUT2D eigenvalue weighted by Gasteiger charge is -2.02. The normalized spacial score (nSPS) is 10.4. The summed E-state index contributed by atoms with van der Waals surface area (Å²) in [5.41, 5.74) is 2.62. The quantitative estimate of drug-likeness (QED) is 0.893. The number of aromatic amines is 1. The number of aromatic nitrogens is 2. The van der Waals surface area contributed by atoms with Crippen LogP contribution in [-0.4, -0.2) is 15.9 Å². The molecule has 94 valence electrons. The van der Waals surface area contributed by atoms with Gasteiger partial charge in [0.2, 0.25) is 11.9 Å². The minimum absolute atomic E-state index is 0.155. The maximum absolute atomic E-state index is 11.0. The zero-order valence-corrected chi connectivity index (χ0v) is 11.0. The number of carbonyl (C=O) groups excluding carboxylic acids is 1. The first-order valence-electron chi connectivity index (χ1n) is 5.73. The average Bonchev–Trinajstić information content (AvgIpc) is 2.71. The van der Waals surface area contributed by atoms with Crippen molar-refractivity contribution in [1.29, 1.82) is 0 Å². The Morgan fingerprint density at radius 1 is 1.44 bits per heavy atom. The number of benzene rings is 1. The summed E-state index contributed by atoms with van der Waals surface area (Å²) in [6.45, 7) is 3.46. The van der Waals surface area contributed by atoms with E-state index in [1.807, 2.05) is 31.2 Å². The molecule has 0 aliphatic rings. The third kappa shape index (κ3) is 2.54. The molecule has 0 unspecified atom stereocenters. The van der Waals surface area contributed by atoms with E-state index in [0.29, 0.717) is 11.0 Å². The van der Waals surface area contributed by atoms with Crippen LogP contribution in [0.3, 0.4) is 0 Å². The first-order valence-corrected chi connectivity index (χ1v) is 6.11. The van der Waals surface area contributed by atoms with Crippen LogP contribution in [0.15, 0.2) is 24.3 Å². The fraction of sp³-hybridized carbons (Fsp3) is 0.231. The van der Waals surface area contributed by atoms with Crippen LogP contribution < -0.4 is 5.32 Å². The van der Waals surface area contributed by atoms with E-state index in [9.17, 15) is 4.79 Å². The number of H-pyrrole nitrogens is 1. The minimum Gasteiger partial charge on any atom is -0.324 e.